The van der Waals surface area contributed by atoms with Gasteiger partial charge in [0.25, 0.3) is 0 Å². The van der Waals surface area contributed by atoms with Gasteiger partial charge in [-0.05, 0) is 49.9 Å². The average Bonchev–Trinajstić information content (AvgIpc) is 2.38. The van der Waals surface area contributed by atoms with Crippen molar-refractivity contribution in [2.45, 2.75) is 40.0 Å². The number of benzene rings is 1. The Morgan fingerprint density at radius 2 is 1.77 bits per heavy atom. The van der Waals surface area contributed by atoms with Crippen molar-refractivity contribution in [1.29, 1.82) is 0 Å². The fraction of sp³-hybridized carbons (Fsp3) is 0.562. The van der Waals surface area contributed by atoms with E-state index in [1.54, 1.807) is 0 Å². The molecule has 124 valence electrons. The van der Waals surface area contributed by atoms with Gasteiger partial charge >= 0.3 is 0 Å². The number of rotatable bonds is 8. The van der Waals surface area contributed by atoms with E-state index in [9.17, 15) is 13.2 Å². The standard InChI is InChI=1S/C16H26N2O3S/c1-5-8-17-16(19)7-6-9-18(22(4,20)21)15-11-13(2)10-14(3)12-15/h10-12H,5-9H2,1-4H3,(H,17,19). The SMILES string of the molecule is CCCNC(=O)CCCN(c1cc(C)cc(C)c1)S(C)(=O)=O. The Kier molecular flexibility index (Phi) is 6.87. The molecule has 0 aliphatic rings. The number of hydrogen-bond donors (Lipinski definition) is 1. The number of sulfonamides is 1. The lowest BCUT2D eigenvalue weighted by Crippen LogP contribution is -2.32. The highest BCUT2D eigenvalue weighted by Gasteiger charge is 2.18. The molecule has 0 unspecified atom stereocenters. The molecule has 0 saturated carbocycles. The van der Waals surface area contributed by atoms with Crippen LogP contribution in [0.5, 0.6) is 0 Å². The first-order valence-electron chi connectivity index (χ1n) is 7.56. The van der Waals surface area contributed by atoms with Gasteiger partial charge in [0.05, 0.1) is 11.9 Å². The number of carbonyl (C=O) groups is 1. The van der Waals surface area contributed by atoms with E-state index < -0.39 is 10.0 Å². The van der Waals surface area contributed by atoms with Crippen molar-refractivity contribution in [1.82, 2.24) is 5.32 Å². The van der Waals surface area contributed by atoms with Crippen LogP contribution in [0.1, 0.15) is 37.3 Å². The Balaban J connectivity index is 2.77. The largest absolute Gasteiger partial charge is 0.356 e. The Morgan fingerprint density at radius 1 is 1.18 bits per heavy atom. The van der Waals surface area contributed by atoms with Crippen molar-refractivity contribution in [3.05, 3.63) is 29.3 Å². The predicted octanol–water partition coefficient (Wildman–Crippen LogP) is 2.38. The Hall–Kier alpha value is -1.56. The summed E-state index contributed by atoms with van der Waals surface area (Å²) in [7, 11) is -3.36. The number of aryl methyl sites for hydroxylation is 2. The minimum atomic E-state index is -3.36. The van der Waals surface area contributed by atoms with Crippen LogP contribution in [0.3, 0.4) is 0 Å². The fourth-order valence-electron chi connectivity index (χ4n) is 2.32. The molecule has 0 bridgehead atoms. The molecule has 1 rings (SSSR count). The number of anilines is 1. The quantitative estimate of drug-likeness (QED) is 0.797. The molecular weight excluding hydrogens is 300 g/mol. The second-order valence-electron chi connectivity index (χ2n) is 5.63. The molecule has 0 fully saturated rings. The maximum atomic E-state index is 12.0. The molecule has 0 radical (unpaired) electrons. The molecule has 1 amide bonds. The van der Waals surface area contributed by atoms with Gasteiger partial charge in [-0.2, -0.15) is 0 Å². The van der Waals surface area contributed by atoms with Crippen LogP contribution in [0.2, 0.25) is 0 Å². The van der Waals surface area contributed by atoms with Crippen LogP contribution in [0, 0.1) is 13.8 Å². The maximum Gasteiger partial charge on any atom is 0.232 e. The Labute approximate surface area is 133 Å². The number of nitrogens with one attached hydrogen (secondary N) is 1. The van der Waals surface area contributed by atoms with Gasteiger partial charge in [0.2, 0.25) is 15.9 Å². The van der Waals surface area contributed by atoms with Gasteiger partial charge < -0.3 is 5.32 Å². The maximum absolute atomic E-state index is 12.0. The third-order valence-corrected chi connectivity index (χ3v) is 4.43. The molecule has 22 heavy (non-hydrogen) atoms. The van der Waals surface area contributed by atoms with E-state index >= 15 is 0 Å². The van der Waals surface area contributed by atoms with E-state index in [0.29, 0.717) is 31.6 Å². The summed E-state index contributed by atoms with van der Waals surface area (Å²) < 4.78 is 25.4. The van der Waals surface area contributed by atoms with Gasteiger partial charge in [-0.3, -0.25) is 9.10 Å². The minimum Gasteiger partial charge on any atom is -0.356 e. The molecule has 0 heterocycles. The summed E-state index contributed by atoms with van der Waals surface area (Å²) in [6.07, 6.45) is 2.91. The Bertz CT molecular complexity index is 592. The van der Waals surface area contributed by atoms with Crippen molar-refractivity contribution >= 4 is 21.6 Å². The van der Waals surface area contributed by atoms with Crippen molar-refractivity contribution in [2.75, 3.05) is 23.7 Å². The molecular formula is C16H26N2O3S. The second kappa shape index (κ2) is 8.17. The highest BCUT2D eigenvalue weighted by molar-refractivity contribution is 7.92. The lowest BCUT2D eigenvalue weighted by Gasteiger charge is -2.23. The number of nitrogens with zero attached hydrogens (tertiary/aromatic N) is 1. The van der Waals surface area contributed by atoms with Crippen molar-refractivity contribution in [2.24, 2.45) is 0 Å². The second-order valence-corrected chi connectivity index (χ2v) is 7.54. The summed E-state index contributed by atoms with van der Waals surface area (Å²) in [6.45, 7) is 6.84. The van der Waals surface area contributed by atoms with Crippen LogP contribution in [0.15, 0.2) is 18.2 Å². The van der Waals surface area contributed by atoms with Crippen LogP contribution in [-0.4, -0.2) is 33.7 Å². The summed E-state index contributed by atoms with van der Waals surface area (Å²) in [5, 5.41) is 2.80. The van der Waals surface area contributed by atoms with Gasteiger partial charge in [0, 0.05) is 19.5 Å². The van der Waals surface area contributed by atoms with Crippen LogP contribution in [0.25, 0.3) is 0 Å². The number of amides is 1. The summed E-state index contributed by atoms with van der Waals surface area (Å²) in [6, 6.07) is 5.71. The van der Waals surface area contributed by atoms with Crippen LogP contribution >= 0.6 is 0 Å². The fourth-order valence-corrected chi connectivity index (χ4v) is 3.27. The molecule has 0 aliphatic carbocycles. The first-order chi connectivity index (χ1) is 10.2. The predicted molar refractivity (Wildman–Crippen MR) is 90.6 cm³/mol. The molecule has 0 aliphatic heterocycles. The topological polar surface area (TPSA) is 66.5 Å². The molecule has 5 nitrogen and oxygen atoms in total. The number of carbonyl (C=O) groups excluding carboxylic acids is 1. The smallest absolute Gasteiger partial charge is 0.232 e. The van der Waals surface area contributed by atoms with Crippen LogP contribution < -0.4 is 9.62 Å². The Morgan fingerprint density at radius 3 is 2.27 bits per heavy atom. The molecule has 0 atom stereocenters. The van der Waals surface area contributed by atoms with E-state index in [1.807, 2.05) is 39.0 Å². The number of hydrogen-bond acceptors (Lipinski definition) is 3. The van der Waals surface area contributed by atoms with Crippen molar-refractivity contribution in [3.63, 3.8) is 0 Å². The summed E-state index contributed by atoms with van der Waals surface area (Å²) in [5.41, 5.74) is 2.70. The van der Waals surface area contributed by atoms with Gasteiger partial charge in [0.1, 0.15) is 0 Å². The molecule has 1 aromatic rings. The zero-order valence-corrected chi connectivity index (χ0v) is 14.7. The normalized spacial score (nSPS) is 11.3. The molecule has 0 saturated heterocycles. The molecule has 1 N–H and O–H groups in total. The van der Waals surface area contributed by atoms with E-state index in [2.05, 4.69) is 5.32 Å². The average molecular weight is 326 g/mol. The van der Waals surface area contributed by atoms with Gasteiger partial charge in [-0.25, -0.2) is 8.42 Å². The molecule has 0 spiro atoms. The van der Waals surface area contributed by atoms with Crippen molar-refractivity contribution < 1.29 is 13.2 Å². The van der Waals surface area contributed by atoms with E-state index in [0.717, 1.165) is 17.5 Å². The molecule has 6 heteroatoms. The lowest BCUT2D eigenvalue weighted by molar-refractivity contribution is -0.121. The van der Waals surface area contributed by atoms with Gasteiger partial charge in [-0.15, -0.1) is 0 Å². The van der Waals surface area contributed by atoms with Crippen LogP contribution in [0.4, 0.5) is 5.69 Å². The van der Waals surface area contributed by atoms with E-state index in [1.165, 1.54) is 10.6 Å². The van der Waals surface area contributed by atoms with Gasteiger partial charge in [-0.1, -0.05) is 13.0 Å². The lowest BCUT2D eigenvalue weighted by atomic mass is 10.1. The first-order valence-corrected chi connectivity index (χ1v) is 9.41. The summed E-state index contributed by atoms with van der Waals surface area (Å²) in [5.74, 6) is -0.0317. The van der Waals surface area contributed by atoms with Crippen LogP contribution in [-0.2, 0) is 14.8 Å². The summed E-state index contributed by atoms with van der Waals surface area (Å²) in [4.78, 5) is 11.6. The molecule has 0 aromatic heterocycles. The third kappa shape index (κ3) is 6.05. The highest BCUT2D eigenvalue weighted by atomic mass is 32.2. The zero-order valence-electron chi connectivity index (χ0n) is 13.8. The highest BCUT2D eigenvalue weighted by Crippen LogP contribution is 2.21. The minimum absolute atomic E-state index is 0.0317. The summed E-state index contributed by atoms with van der Waals surface area (Å²) >= 11 is 0. The van der Waals surface area contributed by atoms with Crippen molar-refractivity contribution in [3.8, 4) is 0 Å². The monoisotopic (exact) mass is 326 g/mol. The third-order valence-electron chi connectivity index (χ3n) is 3.23. The van der Waals surface area contributed by atoms with E-state index in [4.69, 9.17) is 0 Å². The van der Waals surface area contributed by atoms with E-state index in [-0.39, 0.29) is 5.91 Å². The zero-order chi connectivity index (χ0) is 16.8. The van der Waals surface area contributed by atoms with Gasteiger partial charge in [0.15, 0.2) is 0 Å². The molecule has 1 aromatic carbocycles. The first kappa shape index (κ1) is 18.5.